The summed E-state index contributed by atoms with van der Waals surface area (Å²) in [7, 11) is 0. The number of nitrogens with one attached hydrogen (secondary N) is 1. The first-order chi connectivity index (χ1) is 19.3. The Bertz CT molecular complexity index is 1180. The first-order valence-electron chi connectivity index (χ1n) is 11.8. The molecule has 5 rings (SSSR count). The molecule has 8 N–H and O–H groups in total. The van der Waals surface area contributed by atoms with E-state index in [0.29, 0.717) is 22.8 Å². The number of nitrogen functional groups attached to an aromatic ring is 2. The fraction of sp³-hybridized carbons (Fsp3) is 0.0690. The van der Waals surface area contributed by atoms with Gasteiger partial charge in [-0.1, -0.05) is 55.7 Å². The van der Waals surface area contributed by atoms with Crippen LogP contribution in [0.4, 0.5) is 22.7 Å². The monoisotopic (exact) mass is 589 g/mol. The minimum atomic E-state index is -0.324. The Morgan fingerprint density at radius 1 is 0.610 bits per heavy atom. The molecule has 0 aliphatic rings. The summed E-state index contributed by atoms with van der Waals surface area (Å²) in [5.74, 6) is -0.426. The van der Waals surface area contributed by atoms with E-state index < -0.39 is 0 Å². The maximum atomic E-state index is 10.7. The molecule has 210 valence electrons. The number of benzene rings is 2. The number of aromatic nitrogens is 3. The van der Waals surface area contributed by atoms with Crippen LogP contribution in [0.5, 0.6) is 11.5 Å². The normalized spacial score (nSPS) is 8.85. The number of hydrogen-bond donors (Lipinski definition) is 3. The van der Waals surface area contributed by atoms with Crippen molar-refractivity contribution >= 4 is 22.7 Å². The largest absolute Gasteiger partial charge is 4.00 e. The molecule has 0 unspecified atom stereocenters. The molecule has 0 saturated carbocycles. The van der Waals surface area contributed by atoms with Crippen molar-refractivity contribution in [3.05, 3.63) is 133 Å². The molecular weight excluding hydrogens is 558 g/mol. The Morgan fingerprint density at radius 2 is 1.07 bits per heavy atom. The van der Waals surface area contributed by atoms with Crippen molar-refractivity contribution in [2.75, 3.05) is 11.5 Å². The second kappa shape index (κ2) is 22.3. The number of hydrogen-bond acceptors (Lipinski definition) is 9. The number of pyridine rings is 3. The van der Waals surface area contributed by atoms with Crippen LogP contribution in [-0.2, 0) is 34.9 Å². The summed E-state index contributed by atoms with van der Waals surface area (Å²) in [6.07, 6.45) is 6.74. The fourth-order valence-electron chi connectivity index (χ4n) is 2.41. The summed E-state index contributed by atoms with van der Waals surface area (Å²) in [5.41, 5.74) is 23.3. The number of anilines is 2. The van der Waals surface area contributed by atoms with Gasteiger partial charge in [0.15, 0.2) is 0 Å². The van der Waals surface area contributed by atoms with Crippen molar-refractivity contribution in [1.82, 2.24) is 15.0 Å². The molecule has 11 nitrogen and oxygen atoms in total. The van der Waals surface area contributed by atoms with Crippen LogP contribution in [0.25, 0.3) is 5.73 Å². The van der Waals surface area contributed by atoms with Crippen molar-refractivity contribution in [3.63, 3.8) is 0 Å². The van der Waals surface area contributed by atoms with Gasteiger partial charge in [-0.05, 0) is 54.3 Å². The van der Waals surface area contributed by atoms with Crippen molar-refractivity contribution in [2.45, 2.75) is 13.2 Å². The summed E-state index contributed by atoms with van der Waals surface area (Å²) in [4.78, 5) is 11.4. The summed E-state index contributed by atoms with van der Waals surface area (Å²) in [5, 5.41) is 41.4. The molecule has 0 aliphatic carbocycles. The second-order valence-electron chi connectivity index (χ2n) is 7.50. The first kappa shape index (κ1) is 36.5. The fourth-order valence-corrected chi connectivity index (χ4v) is 2.41. The van der Waals surface area contributed by atoms with Gasteiger partial charge in [-0.2, -0.15) is 0 Å². The van der Waals surface area contributed by atoms with Crippen LogP contribution < -0.4 is 37.6 Å². The minimum Gasteiger partial charge on any atom is -0.873 e. The molecule has 0 saturated heterocycles. The predicted molar refractivity (Wildman–Crippen MR) is 147 cm³/mol. The molecule has 41 heavy (non-hydrogen) atoms. The third-order valence-corrected chi connectivity index (χ3v) is 4.54. The third kappa shape index (κ3) is 16.2. The second-order valence-corrected chi connectivity index (χ2v) is 7.50. The standard InChI is InChI=1S/C6H8N2O.C6H7N2O.2C6H6NO.C5H5N.Ti/c2*7-4-2-1-3-5(9)6(4)8;2*8-5-6-3-1-2-4-7-6;1-2-4-6-5-3-1;/h1-3,9H,7-8H2;1-3,8-9H,7H2;2*1-4H,5H2;1-5H;/q;3*-1;;+4/p-1. The minimum absolute atomic E-state index is 0. The number of nitrogens with two attached hydrogens (primary N) is 2. The van der Waals surface area contributed by atoms with Crippen LogP contribution in [0.2, 0.25) is 0 Å². The molecule has 0 radical (unpaired) electrons. The van der Waals surface area contributed by atoms with E-state index in [4.69, 9.17) is 17.2 Å². The van der Waals surface area contributed by atoms with Crippen molar-refractivity contribution in [3.8, 4) is 11.5 Å². The average molecular weight is 589 g/mol. The maximum absolute atomic E-state index is 10.7. The molecular formula is C29H31N7O4Ti. The van der Waals surface area contributed by atoms with Crippen LogP contribution in [-0.4, -0.2) is 15.0 Å². The summed E-state index contributed by atoms with van der Waals surface area (Å²) in [6.45, 7) is -0.443. The van der Waals surface area contributed by atoms with E-state index in [-0.39, 0.29) is 57.8 Å². The zero-order valence-corrected chi connectivity index (χ0v) is 23.8. The van der Waals surface area contributed by atoms with E-state index in [0.717, 1.165) is 0 Å². The van der Waals surface area contributed by atoms with E-state index in [9.17, 15) is 20.4 Å². The molecule has 5 aromatic rings. The molecule has 0 spiro atoms. The summed E-state index contributed by atoms with van der Waals surface area (Å²) in [6, 6.07) is 25.4. The van der Waals surface area contributed by atoms with Gasteiger partial charge in [0.25, 0.3) is 0 Å². The van der Waals surface area contributed by atoms with Crippen LogP contribution in [0.3, 0.4) is 0 Å². The molecule has 0 aliphatic heterocycles. The molecule has 12 heteroatoms. The van der Waals surface area contributed by atoms with Crippen LogP contribution in [0.15, 0.2) is 116 Å². The van der Waals surface area contributed by atoms with Gasteiger partial charge in [0, 0.05) is 41.9 Å². The number of nitrogens with zero attached hydrogens (tertiary/aromatic N) is 3. The maximum Gasteiger partial charge on any atom is 4.00 e. The Balaban J connectivity index is 0.000000488. The van der Waals surface area contributed by atoms with E-state index in [1.165, 1.54) is 24.3 Å². The van der Waals surface area contributed by atoms with Gasteiger partial charge in [0.2, 0.25) is 0 Å². The molecule has 3 heterocycles. The Hall–Kier alpha value is -4.52. The van der Waals surface area contributed by atoms with Crippen molar-refractivity contribution in [1.29, 1.82) is 0 Å². The van der Waals surface area contributed by atoms with E-state index in [1.54, 1.807) is 73.3 Å². The van der Waals surface area contributed by atoms with Gasteiger partial charge in [-0.15, -0.1) is 11.4 Å². The van der Waals surface area contributed by atoms with Crippen LogP contribution >= 0.6 is 0 Å². The van der Waals surface area contributed by atoms with Gasteiger partial charge in [-0.3, -0.25) is 15.0 Å². The first-order valence-corrected chi connectivity index (χ1v) is 11.8. The molecule has 3 aromatic heterocycles. The summed E-state index contributed by atoms with van der Waals surface area (Å²) < 4.78 is 0. The Labute approximate surface area is 254 Å². The van der Waals surface area contributed by atoms with Gasteiger partial charge in [0.1, 0.15) is 5.69 Å². The van der Waals surface area contributed by atoms with E-state index in [1.807, 2.05) is 18.2 Å². The molecule has 0 bridgehead atoms. The molecule has 0 atom stereocenters. The topological polar surface area (TPSA) is 234 Å². The zero-order chi connectivity index (χ0) is 29.6. The molecule has 0 amide bonds. The van der Waals surface area contributed by atoms with Crippen molar-refractivity contribution < 1.29 is 47.9 Å². The quantitative estimate of drug-likeness (QED) is 0.198. The smallest absolute Gasteiger partial charge is 0.873 e. The third-order valence-electron chi connectivity index (χ3n) is 4.54. The van der Waals surface area contributed by atoms with E-state index in [2.05, 4.69) is 20.7 Å². The summed E-state index contributed by atoms with van der Waals surface area (Å²) >= 11 is 0. The Kier molecular flexibility index (Phi) is 19.9. The number of rotatable bonds is 2. The predicted octanol–water partition coefficient (Wildman–Crippen LogP) is 1.20. The molecule has 0 fully saturated rings. The van der Waals surface area contributed by atoms with Crippen LogP contribution in [0.1, 0.15) is 11.4 Å². The van der Waals surface area contributed by atoms with Crippen LogP contribution in [0, 0.1) is 0 Å². The van der Waals surface area contributed by atoms with Crippen molar-refractivity contribution in [2.24, 2.45) is 0 Å². The Morgan fingerprint density at radius 3 is 1.34 bits per heavy atom. The van der Waals surface area contributed by atoms with Gasteiger partial charge in [-0.25, -0.2) is 0 Å². The molecule has 2 aromatic carbocycles. The zero-order valence-electron chi connectivity index (χ0n) is 22.2. The van der Waals surface area contributed by atoms with Gasteiger partial charge < -0.3 is 43.4 Å². The van der Waals surface area contributed by atoms with E-state index >= 15 is 0 Å². The van der Waals surface area contributed by atoms with Gasteiger partial charge in [0.05, 0.1) is 5.69 Å². The van der Waals surface area contributed by atoms with Gasteiger partial charge >= 0.3 is 21.7 Å². The number of quaternary nitrogens is 1. The average Bonchev–Trinajstić information content (AvgIpc) is 3.01. The SMILES string of the molecule is Nc1cccc([O-])c1[NH3+].[NH-]c1c(N)cccc1[O-].[O-]Cc1ccccn1.[O-]Cc1ccccn1.[Ti+4].c1ccncc1.